The molecular weight excluding hydrogens is 172 g/mol. The molecule has 4 saturated carbocycles. The van der Waals surface area contributed by atoms with Crippen molar-refractivity contribution < 1.29 is 4.79 Å². The standard InChI is InChI=1S/C13H19O/c1-11-3-10-4-12(2,6-11)8-13(5-10,7-11)9-14/h10H,3-8H2,1-2H3. The van der Waals surface area contributed by atoms with Crippen molar-refractivity contribution in [3.8, 4) is 0 Å². The zero-order valence-corrected chi connectivity index (χ0v) is 9.23. The van der Waals surface area contributed by atoms with Gasteiger partial charge in [0.15, 0.2) is 0 Å². The molecule has 4 bridgehead atoms. The maximum Gasteiger partial charge on any atom is 0.205 e. The largest absolute Gasteiger partial charge is 0.290 e. The van der Waals surface area contributed by atoms with Gasteiger partial charge >= 0.3 is 0 Å². The normalized spacial score (nSPS) is 60.3. The minimum Gasteiger partial charge on any atom is -0.290 e. The lowest BCUT2D eigenvalue weighted by Gasteiger charge is -2.63. The molecule has 1 radical (unpaired) electrons. The van der Waals surface area contributed by atoms with E-state index >= 15 is 0 Å². The first-order chi connectivity index (χ1) is 6.47. The van der Waals surface area contributed by atoms with E-state index in [-0.39, 0.29) is 5.41 Å². The van der Waals surface area contributed by atoms with Crippen LogP contribution < -0.4 is 0 Å². The highest BCUT2D eigenvalue weighted by atomic mass is 16.1. The van der Waals surface area contributed by atoms with Gasteiger partial charge in [0, 0.05) is 5.41 Å². The fourth-order valence-corrected chi connectivity index (χ4v) is 5.56. The molecule has 0 aromatic carbocycles. The van der Waals surface area contributed by atoms with Crippen LogP contribution in [0.5, 0.6) is 0 Å². The molecule has 2 unspecified atom stereocenters. The zero-order valence-electron chi connectivity index (χ0n) is 9.23. The van der Waals surface area contributed by atoms with E-state index in [4.69, 9.17) is 0 Å². The summed E-state index contributed by atoms with van der Waals surface area (Å²) in [7, 11) is 0. The maximum absolute atomic E-state index is 11.2. The molecule has 4 aliphatic carbocycles. The highest BCUT2D eigenvalue weighted by molar-refractivity contribution is 5.62. The first-order valence-corrected chi connectivity index (χ1v) is 5.86. The summed E-state index contributed by atoms with van der Waals surface area (Å²) in [5.41, 5.74) is 0.889. The van der Waals surface area contributed by atoms with Crippen LogP contribution in [0.3, 0.4) is 0 Å². The maximum atomic E-state index is 11.2. The molecule has 0 heterocycles. The van der Waals surface area contributed by atoms with Crippen molar-refractivity contribution in [1.29, 1.82) is 0 Å². The van der Waals surface area contributed by atoms with Crippen molar-refractivity contribution in [1.82, 2.24) is 0 Å². The number of hydrogen-bond acceptors (Lipinski definition) is 1. The van der Waals surface area contributed by atoms with E-state index in [0.29, 0.717) is 10.8 Å². The van der Waals surface area contributed by atoms with Crippen LogP contribution in [0.1, 0.15) is 52.4 Å². The Labute approximate surface area is 86.3 Å². The Hall–Kier alpha value is -0.330. The van der Waals surface area contributed by atoms with Crippen molar-refractivity contribution in [2.75, 3.05) is 0 Å². The first kappa shape index (κ1) is 8.94. The van der Waals surface area contributed by atoms with Gasteiger partial charge in [-0.2, -0.15) is 0 Å². The van der Waals surface area contributed by atoms with Crippen molar-refractivity contribution in [2.24, 2.45) is 22.2 Å². The quantitative estimate of drug-likeness (QED) is 0.622. The average molecular weight is 191 g/mol. The van der Waals surface area contributed by atoms with Gasteiger partial charge in [0.25, 0.3) is 0 Å². The third-order valence-corrected chi connectivity index (χ3v) is 4.84. The van der Waals surface area contributed by atoms with Crippen LogP contribution in [0.15, 0.2) is 0 Å². The van der Waals surface area contributed by atoms with Gasteiger partial charge in [0.1, 0.15) is 0 Å². The van der Waals surface area contributed by atoms with Crippen LogP contribution in [0.2, 0.25) is 0 Å². The Bertz CT molecular complexity index is 276. The lowest BCUT2D eigenvalue weighted by atomic mass is 9.41. The molecule has 1 nitrogen and oxygen atoms in total. The van der Waals surface area contributed by atoms with Gasteiger partial charge in [-0.1, -0.05) is 13.8 Å². The van der Waals surface area contributed by atoms with E-state index in [1.54, 1.807) is 0 Å². The van der Waals surface area contributed by atoms with Gasteiger partial charge in [-0.3, -0.25) is 4.79 Å². The minimum absolute atomic E-state index is 0.0388. The molecule has 4 rings (SSSR count). The number of rotatable bonds is 1. The fraction of sp³-hybridized carbons (Fsp3) is 0.923. The summed E-state index contributed by atoms with van der Waals surface area (Å²) in [6, 6.07) is 0. The molecule has 0 aromatic rings. The van der Waals surface area contributed by atoms with Crippen molar-refractivity contribution in [3.05, 3.63) is 0 Å². The van der Waals surface area contributed by atoms with Crippen molar-refractivity contribution >= 4 is 6.29 Å². The van der Waals surface area contributed by atoms with Crippen molar-refractivity contribution in [2.45, 2.75) is 52.4 Å². The third kappa shape index (κ3) is 1.04. The average Bonchev–Trinajstić information content (AvgIpc) is 1.97. The Morgan fingerprint density at radius 1 is 1.00 bits per heavy atom. The molecule has 0 spiro atoms. The highest BCUT2D eigenvalue weighted by Crippen LogP contribution is 2.68. The molecule has 4 fully saturated rings. The molecule has 0 aliphatic heterocycles. The fourth-order valence-electron chi connectivity index (χ4n) is 5.56. The van der Waals surface area contributed by atoms with Crippen LogP contribution in [0, 0.1) is 22.2 Å². The van der Waals surface area contributed by atoms with E-state index < -0.39 is 0 Å². The molecule has 0 aromatic heterocycles. The number of hydrogen-bond donors (Lipinski definition) is 0. The predicted octanol–water partition coefficient (Wildman–Crippen LogP) is 3.09. The van der Waals surface area contributed by atoms with Crippen LogP contribution in [-0.4, -0.2) is 6.29 Å². The molecule has 0 N–H and O–H groups in total. The summed E-state index contributed by atoms with van der Waals surface area (Å²) in [6.07, 6.45) is 9.87. The van der Waals surface area contributed by atoms with Gasteiger partial charge in [-0.25, -0.2) is 0 Å². The molecule has 77 valence electrons. The Morgan fingerprint density at radius 2 is 1.57 bits per heavy atom. The lowest BCUT2D eigenvalue weighted by Crippen LogP contribution is -2.55. The van der Waals surface area contributed by atoms with Crippen LogP contribution in [0.25, 0.3) is 0 Å². The predicted molar refractivity (Wildman–Crippen MR) is 55.5 cm³/mol. The third-order valence-electron chi connectivity index (χ3n) is 4.84. The topological polar surface area (TPSA) is 17.1 Å². The summed E-state index contributed by atoms with van der Waals surface area (Å²) >= 11 is 0. The molecule has 2 atom stereocenters. The summed E-state index contributed by atoms with van der Waals surface area (Å²) in [5.74, 6) is 0.822. The van der Waals surface area contributed by atoms with Gasteiger partial charge < -0.3 is 0 Å². The molecule has 1 heteroatoms. The van der Waals surface area contributed by atoms with E-state index in [2.05, 4.69) is 20.1 Å². The molecule has 4 aliphatic rings. The van der Waals surface area contributed by atoms with E-state index in [0.717, 1.165) is 25.2 Å². The highest BCUT2D eigenvalue weighted by Gasteiger charge is 2.60. The summed E-state index contributed by atoms with van der Waals surface area (Å²) < 4.78 is 0. The number of carbonyl (C=O) groups excluding carboxylic acids is 1. The van der Waals surface area contributed by atoms with Crippen LogP contribution >= 0.6 is 0 Å². The Morgan fingerprint density at radius 3 is 2.00 bits per heavy atom. The minimum atomic E-state index is -0.0388. The SMILES string of the molecule is CC12CC3CC(C)(C1)CC([C]=O)(C3)C2. The first-order valence-electron chi connectivity index (χ1n) is 5.86. The second-order valence-corrected chi connectivity index (χ2v) is 7.01. The molecular formula is C13H19O. The lowest BCUT2D eigenvalue weighted by molar-refractivity contribution is -0.116. The van der Waals surface area contributed by atoms with Gasteiger partial charge in [0.2, 0.25) is 6.29 Å². The van der Waals surface area contributed by atoms with E-state index in [1.165, 1.54) is 19.3 Å². The van der Waals surface area contributed by atoms with Gasteiger partial charge in [-0.05, 0) is 55.3 Å². The zero-order chi connectivity index (χ0) is 10.0. The molecule has 0 saturated heterocycles. The van der Waals surface area contributed by atoms with Crippen LogP contribution in [-0.2, 0) is 4.79 Å². The second-order valence-electron chi connectivity index (χ2n) is 7.01. The molecule has 0 amide bonds. The smallest absolute Gasteiger partial charge is 0.205 e. The monoisotopic (exact) mass is 191 g/mol. The van der Waals surface area contributed by atoms with E-state index in [1.807, 2.05) is 0 Å². The Balaban J connectivity index is 2.05. The molecule has 14 heavy (non-hydrogen) atoms. The Kier molecular flexibility index (Phi) is 1.44. The van der Waals surface area contributed by atoms with Gasteiger partial charge in [0.05, 0.1) is 0 Å². The van der Waals surface area contributed by atoms with E-state index in [9.17, 15) is 4.79 Å². The van der Waals surface area contributed by atoms with Crippen LogP contribution in [0.4, 0.5) is 0 Å². The summed E-state index contributed by atoms with van der Waals surface area (Å²) in [5, 5.41) is 0. The van der Waals surface area contributed by atoms with Gasteiger partial charge in [-0.15, -0.1) is 0 Å². The second kappa shape index (κ2) is 2.25. The summed E-state index contributed by atoms with van der Waals surface area (Å²) in [6.45, 7) is 4.78. The summed E-state index contributed by atoms with van der Waals surface area (Å²) in [4.78, 5) is 11.2. The van der Waals surface area contributed by atoms with Crippen molar-refractivity contribution in [3.63, 3.8) is 0 Å².